The molecule has 0 spiro atoms. The van der Waals surface area contributed by atoms with Gasteiger partial charge in [0.2, 0.25) is 0 Å². The van der Waals surface area contributed by atoms with Crippen LogP contribution < -0.4 is 56.5 Å². The monoisotopic (exact) mass is 142 g/mol. The zero-order valence-corrected chi connectivity index (χ0v) is 9.15. The van der Waals surface area contributed by atoms with Crippen molar-refractivity contribution in [2.45, 2.75) is 19.4 Å². The quantitative estimate of drug-likeness (QED) is 0.380. The van der Waals surface area contributed by atoms with Gasteiger partial charge in [-0.2, -0.15) is 0 Å². The van der Waals surface area contributed by atoms with Crippen LogP contribution in [0.4, 0.5) is 0 Å². The first kappa shape index (κ1) is 12.3. The third-order valence-electron chi connectivity index (χ3n) is 0.900. The number of rotatable bonds is 2. The summed E-state index contributed by atoms with van der Waals surface area (Å²) in [4.78, 5) is 0. The molecule has 0 atom stereocenters. The summed E-state index contributed by atoms with van der Waals surface area (Å²) < 4.78 is 4.77. The van der Waals surface area contributed by atoms with E-state index in [9.17, 15) is 5.11 Å². The van der Waals surface area contributed by atoms with Gasteiger partial charge in [-0.05, 0) is 13.8 Å². The maximum absolute atomic E-state index is 10.1. The van der Waals surface area contributed by atoms with E-state index in [4.69, 9.17) is 4.74 Å². The van der Waals surface area contributed by atoms with Gasteiger partial charge in [0.15, 0.2) is 0 Å². The van der Waals surface area contributed by atoms with E-state index in [1.807, 2.05) is 0 Å². The molecule has 2 nitrogen and oxygen atoms in total. The van der Waals surface area contributed by atoms with Gasteiger partial charge in [-0.25, -0.2) is 0 Å². The Labute approximate surface area is 93.0 Å². The van der Waals surface area contributed by atoms with E-state index in [-0.39, 0.29) is 58.0 Å². The molecule has 0 saturated carbocycles. The molecule has 0 aliphatic heterocycles. The van der Waals surface area contributed by atoms with Gasteiger partial charge in [0.05, 0.1) is 0 Å². The molecule has 0 fully saturated rings. The normalized spacial score (nSPS) is 10.5. The van der Waals surface area contributed by atoms with Crippen molar-refractivity contribution < 1.29 is 61.2 Å². The summed E-state index contributed by atoms with van der Waals surface area (Å²) in [6.07, 6.45) is 0. The zero-order valence-electron chi connectivity index (χ0n) is 6.02. The van der Waals surface area contributed by atoms with Crippen molar-refractivity contribution in [2.75, 3.05) is 13.7 Å². The largest absolute Gasteiger partial charge is 1.00 e. The fourth-order valence-electron chi connectivity index (χ4n) is 0.0589. The Morgan fingerprint density at radius 1 is 1.50 bits per heavy atom. The van der Waals surface area contributed by atoms with E-state index < -0.39 is 5.60 Å². The van der Waals surface area contributed by atoms with Crippen molar-refractivity contribution in [2.24, 2.45) is 0 Å². The Kier molecular flexibility index (Phi) is 8.19. The second-order valence-electron chi connectivity index (χ2n) is 2.11. The molecule has 0 amide bonds. The first-order valence-electron chi connectivity index (χ1n) is 2.25. The molecular weight excluding hydrogens is 131 g/mol. The SMILES string of the molecule is COC(C)(C)C[O-].[K+]. The van der Waals surface area contributed by atoms with Crippen LogP contribution in [0.25, 0.3) is 0 Å². The van der Waals surface area contributed by atoms with Crippen LogP contribution in [0.5, 0.6) is 0 Å². The molecular formula is C5H11KO2. The van der Waals surface area contributed by atoms with Gasteiger partial charge in [0.25, 0.3) is 0 Å². The maximum atomic E-state index is 10.1. The minimum atomic E-state index is -0.472. The Balaban J connectivity index is 0. The summed E-state index contributed by atoms with van der Waals surface area (Å²) in [6, 6.07) is 0. The molecule has 44 valence electrons. The van der Waals surface area contributed by atoms with Crippen molar-refractivity contribution in [3.05, 3.63) is 0 Å². The maximum Gasteiger partial charge on any atom is 1.00 e. The smallest absolute Gasteiger partial charge is 0.852 e. The van der Waals surface area contributed by atoms with E-state index in [1.54, 1.807) is 13.8 Å². The summed E-state index contributed by atoms with van der Waals surface area (Å²) in [5.74, 6) is 0. The first-order valence-corrected chi connectivity index (χ1v) is 2.25. The summed E-state index contributed by atoms with van der Waals surface area (Å²) in [7, 11) is 1.54. The zero-order chi connectivity index (χ0) is 5.91. The molecule has 0 saturated heterocycles. The number of hydrogen-bond acceptors (Lipinski definition) is 2. The molecule has 0 aromatic carbocycles. The van der Waals surface area contributed by atoms with Gasteiger partial charge in [-0.15, -0.1) is 6.61 Å². The average Bonchev–Trinajstić information content (AvgIpc) is 1.68. The van der Waals surface area contributed by atoms with Crippen molar-refractivity contribution in [3.8, 4) is 0 Å². The topological polar surface area (TPSA) is 32.3 Å². The van der Waals surface area contributed by atoms with Gasteiger partial charge in [0, 0.05) is 12.7 Å². The average molecular weight is 142 g/mol. The Morgan fingerprint density at radius 2 is 1.88 bits per heavy atom. The number of methoxy groups -OCH3 is 1. The third-order valence-corrected chi connectivity index (χ3v) is 0.900. The molecule has 0 rings (SSSR count). The van der Waals surface area contributed by atoms with E-state index in [1.165, 1.54) is 7.11 Å². The van der Waals surface area contributed by atoms with Crippen molar-refractivity contribution in [1.29, 1.82) is 0 Å². The molecule has 3 heteroatoms. The molecule has 0 heterocycles. The molecule has 0 bridgehead atoms. The second-order valence-corrected chi connectivity index (χ2v) is 2.11. The second kappa shape index (κ2) is 5.35. The van der Waals surface area contributed by atoms with Crippen LogP contribution in [-0.2, 0) is 4.74 Å². The van der Waals surface area contributed by atoms with E-state index >= 15 is 0 Å². The predicted octanol–water partition coefficient (Wildman–Crippen LogP) is -3.22. The van der Waals surface area contributed by atoms with Gasteiger partial charge >= 0.3 is 51.4 Å². The van der Waals surface area contributed by atoms with Gasteiger partial charge in [0.1, 0.15) is 0 Å². The first-order chi connectivity index (χ1) is 3.12. The van der Waals surface area contributed by atoms with Gasteiger partial charge in [-0.3, -0.25) is 0 Å². The van der Waals surface area contributed by atoms with E-state index in [0.29, 0.717) is 0 Å². The molecule has 0 N–H and O–H groups in total. The van der Waals surface area contributed by atoms with Crippen molar-refractivity contribution in [1.82, 2.24) is 0 Å². The minimum Gasteiger partial charge on any atom is -0.852 e. The minimum absolute atomic E-state index is 0. The fraction of sp³-hybridized carbons (Fsp3) is 1.00. The summed E-state index contributed by atoms with van der Waals surface area (Å²) >= 11 is 0. The standard InChI is InChI=1S/C5H11O2.K/c1-5(2,4-6)7-3;/h4H2,1-3H3;/q-1;+1. The molecule has 0 aliphatic carbocycles. The molecule has 0 aliphatic rings. The molecule has 0 aromatic heterocycles. The van der Waals surface area contributed by atoms with E-state index in [2.05, 4.69) is 0 Å². The Bertz CT molecular complexity index is 48.4. The summed E-state index contributed by atoms with van der Waals surface area (Å²) in [5, 5.41) is 10.1. The number of hydrogen-bond donors (Lipinski definition) is 0. The van der Waals surface area contributed by atoms with Crippen LogP contribution in [0, 0.1) is 0 Å². The molecule has 0 aromatic rings. The third kappa shape index (κ3) is 5.69. The van der Waals surface area contributed by atoms with Gasteiger partial charge < -0.3 is 9.84 Å². The Hall–Kier alpha value is 1.56. The summed E-state index contributed by atoms with van der Waals surface area (Å²) in [5.41, 5.74) is -0.472. The molecule has 8 heavy (non-hydrogen) atoms. The summed E-state index contributed by atoms with van der Waals surface area (Å²) in [6.45, 7) is 3.35. The Morgan fingerprint density at radius 3 is 1.88 bits per heavy atom. The van der Waals surface area contributed by atoms with Crippen LogP contribution >= 0.6 is 0 Å². The van der Waals surface area contributed by atoms with Crippen LogP contribution in [-0.4, -0.2) is 19.3 Å². The van der Waals surface area contributed by atoms with Crippen LogP contribution in [0.15, 0.2) is 0 Å². The van der Waals surface area contributed by atoms with Crippen molar-refractivity contribution >= 4 is 0 Å². The van der Waals surface area contributed by atoms with Crippen LogP contribution in [0.2, 0.25) is 0 Å². The molecule has 0 radical (unpaired) electrons. The van der Waals surface area contributed by atoms with Crippen molar-refractivity contribution in [3.63, 3.8) is 0 Å². The number of ether oxygens (including phenoxy) is 1. The van der Waals surface area contributed by atoms with Gasteiger partial charge in [-0.1, -0.05) is 0 Å². The molecule has 0 unspecified atom stereocenters. The van der Waals surface area contributed by atoms with E-state index in [0.717, 1.165) is 0 Å². The fourth-order valence-corrected chi connectivity index (χ4v) is 0.0589. The van der Waals surface area contributed by atoms with Crippen LogP contribution in [0.1, 0.15) is 13.8 Å². The van der Waals surface area contributed by atoms with Crippen LogP contribution in [0.3, 0.4) is 0 Å². The predicted molar refractivity (Wildman–Crippen MR) is 26.0 cm³/mol.